The molecule has 2 heterocycles. The van der Waals surface area contributed by atoms with Crippen molar-refractivity contribution in [2.45, 2.75) is 26.4 Å². The molecule has 2 N–H and O–H groups in total. The molecule has 5 nitrogen and oxygen atoms in total. The molecular weight excluding hydrogens is 228 g/mol. The molecule has 0 aromatic carbocycles. The van der Waals surface area contributed by atoms with Crippen LogP contribution in [0.2, 0.25) is 0 Å². The average Bonchev–Trinajstić information content (AvgIpc) is 2.72. The fourth-order valence-electron chi connectivity index (χ4n) is 1.81. The number of nitrogens with one attached hydrogen (secondary N) is 2. The van der Waals surface area contributed by atoms with Gasteiger partial charge in [0.2, 0.25) is 5.91 Å². The monoisotopic (exact) mass is 246 g/mol. The topological polar surface area (TPSA) is 58.4 Å². The second-order valence-electron chi connectivity index (χ2n) is 4.53. The molecular formula is C13H18N4O. The van der Waals surface area contributed by atoms with Gasteiger partial charge in [0, 0.05) is 24.3 Å². The Morgan fingerprint density at radius 3 is 3.06 bits per heavy atom. The smallest absolute Gasteiger partial charge is 0.234 e. The summed E-state index contributed by atoms with van der Waals surface area (Å²) in [6.45, 7) is 4.85. The van der Waals surface area contributed by atoms with Gasteiger partial charge in [0.25, 0.3) is 0 Å². The zero-order valence-corrected chi connectivity index (χ0v) is 10.7. The van der Waals surface area contributed by atoms with Crippen LogP contribution in [-0.4, -0.2) is 28.1 Å². The van der Waals surface area contributed by atoms with Gasteiger partial charge in [-0.05, 0) is 26.0 Å². The summed E-state index contributed by atoms with van der Waals surface area (Å²) in [4.78, 5) is 11.5. The van der Waals surface area contributed by atoms with E-state index in [0.29, 0.717) is 13.1 Å². The van der Waals surface area contributed by atoms with E-state index in [1.807, 2.05) is 49.0 Å². The molecule has 0 saturated carbocycles. The van der Waals surface area contributed by atoms with E-state index >= 15 is 0 Å². The number of rotatable bonds is 5. The van der Waals surface area contributed by atoms with Crippen molar-refractivity contribution in [3.63, 3.8) is 0 Å². The third-order valence-electron chi connectivity index (χ3n) is 2.56. The van der Waals surface area contributed by atoms with Crippen LogP contribution in [0.15, 0.2) is 30.6 Å². The first kappa shape index (κ1) is 12.6. The largest absolute Gasteiger partial charge is 0.353 e. The second-order valence-corrected chi connectivity index (χ2v) is 4.53. The van der Waals surface area contributed by atoms with Crippen molar-refractivity contribution in [1.29, 1.82) is 0 Å². The molecule has 5 heteroatoms. The maximum atomic E-state index is 11.5. The lowest BCUT2D eigenvalue weighted by Crippen LogP contribution is -2.37. The third-order valence-corrected chi connectivity index (χ3v) is 2.56. The summed E-state index contributed by atoms with van der Waals surface area (Å²) in [5.41, 5.74) is 2.15. The molecule has 0 aliphatic heterocycles. The van der Waals surface area contributed by atoms with Crippen LogP contribution >= 0.6 is 0 Å². The predicted molar refractivity (Wildman–Crippen MR) is 70.2 cm³/mol. The van der Waals surface area contributed by atoms with Crippen LogP contribution < -0.4 is 10.6 Å². The Bertz CT molecular complexity index is 533. The minimum Gasteiger partial charge on any atom is -0.353 e. The van der Waals surface area contributed by atoms with Gasteiger partial charge in [0.15, 0.2) is 0 Å². The molecule has 2 rings (SSSR count). The van der Waals surface area contributed by atoms with Gasteiger partial charge in [-0.3, -0.25) is 4.79 Å². The Labute approximate surface area is 106 Å². The van der Waals surface area contributed by atoms with Gasteiger partial charge < -0.3 is 10.6 Å². The van der Waals surface area contributed by atoms with E-state index in [1.165, 1.54) is 0 Å². The lowest BCUT2D eigenvalue weighted by molar-refractivity contribution is -0.120. The van der Waals surface area contributed by atoms with Gasteiger partial charge >= 0.3 is 0 Å². The maximum absolute atomic E-state index is 11.5. The summed E-state index contributed by atoms with van der Waals surface area (Å²) < 4.78 is 1.82. The number of hydrogen-bond acceptors (Lipinski definition) is 3. The molecule has 2 aromatic rings. The van der Waals surface area contributed by atoms with Crippen LogP contribution in [0.3, 0.4) is 0 Å². The van der Waals surface area contributed by atoms with E-state index in [1.54, 1.807) is 0 Å². The molecule has 18 heavy (non-hydrogen) atoms. The van der Waals surface area contributed by atoms with Crippen LogP contribution in [0, 0.1) is 0 Å². The van der Waals surface area contributed by atoms with Gasteiger partial charge in [-0.1, -0.05) is 6.07 Å². The van der Waals surface area contributed by atoms with Crippen LogP contribution in [0.4, 0.5) is 0 Å². The average molecular weight is 246 g/mol. The number of amides is 1. The van der Waals surface area contributed by atoms with E-state index in [2.05, 4.69) is 15.7 Å². The van der Waals surface area contributed by atoms with E-state index in [4.69, 9.17) is 0 Å². The Morgan fingerprint density at radius 1 is 1.44 bits per heavy atom. The molecule has 0 unspecified atom stereocenters. The predicted octanol–water partition coefficient (Wildman–Crippen LogP) is 0.949. The third kappa shape index (κ3) is 3.07. The first-order chi connectivity index (χ1) is 8.66. The molecule has 0 atom stereocenters. The van der Waals surface area contributed by atoms with E-state index in [9.17, 15) is 4.79 Å². The van der Waals surface area contributed by atoms with Crippen molar-refractivity contribution >= 4 is 11.4 Å². The molecule has 0 saturated heterocycles. The summed E-state index contributed by atoms with van der Waals surface area (Å²) >= 11 is 0. The molecule has 2 aromatic heterocycles. The van der Waals surface area contributed by atoms with Crippen molar-refractivity contribution in [3.8, 4) is 0 Å². The number of nitrogens with zero attached hydrogens (tertiary/aromatic N) is 2. The molecule has 0 aliphatic carbocycles. The van der Waals surface area contributed by atoms with E-state index < -0.39 is 0 Å². The summed E-state index contributed by atoms with van der Waals surface area (Å²) in [6, 6.07) is 6.11. The second kappa shape index (κ2) is 5.64. The number of aromatic nitrogens is 2. The molecule has 0 spiro atoms. The minimum atomic E-state index is 0.0153. The van der Waals surface area contributed by atoms with Crippen LogP contribution in [-0.2, 0) is 11.3 Å². The highest BCUT2D eigenvalue weighted by molar-refractivity contribution is 5.78. The molecule has 0 radical (unpaired) electrons. The zero-order chi connectivity index (χ0) is 13.0. The number of carbonyl (C=O) groups is 1. The number of pyridine rings is 1. The van der Waals surface area contributed by atoms with E-state index in [-0.39, 0.29) is 11.9 Å². The van der Waals surface area contributed by atoms with Crippen LogP contribution in [0.5, 0.6) is 0 Å². The minimum absolute atomic E-state index is 0.0153. The Balaban J connectivity index is 1.89. The van der Waals surface area contributed by atoms with Crippen molar-refractivity contribution in [2.24, 2.45) is 0 Å². The summed E-state index contributed by atoms with van der Waals surface area (Å²) in [5, 5.41) is 10.2. The van der Waals surface area contributed by atoms with Gasteiger partial charge in [0.05, 0.1) is 18.3 Å². The zero-order valence-electron chi connectivity index (χ0n) is 10.7. The molecule has 0 bridgehead atoms. The maximum Gasteiger partial charge on any atom is 0.234 e. The highest BCUT2D eigenvalue weighted by Crippen LogP contribution is 2.08. The molecule has 96 valence electrons. The highest BCUT2D eigenvalue weighted by Gasteiger charge is 2.05. The van der Waals surface area contributed by atoms with Crippen molar-refractivity contribution in [3.05, 3.63) is 36.2 Å². The highest BCUT2D eigenvalue weighted by atomic mass is 16.1. The van der Waals surface area contributed by atoms with Gasteiger partial charge in [-0.25, -0.2) is 4.52 Å². The molecule has 0 fully saturated rings. The van der Waals surface area contributed by atoms with Gasteiger partial charge in [-0.2, -0.15) is 5.10 Å². The SMILES string of the molecule is CC(C)NC(=O)CNCc1cnn2ccccc12. The van der Waals surface area contributed by atoms with Crippen molar-refractivity contribution in [1.82, 2.24) is 20.2 Å². The lowest BCUT2D eigenvalue weighted by atomic mass is 10.2. The van der Waals surface area contributed by atoms with Gasteiger partial charge in [0.1, 0.15) is 0 Å². The number of fused-ring (bicyclic) bond motifs is 1. The fraction of sp³-hybridized carbons (Fsp3) is 0.385. The van der Waals surface area contributed by atoms with E-state index in [0.717, 1.165) is 11.1 Å². The first-order valence-electron chi connectivity index (χ1n) is 6.08. The van der Waals surface area contributed by atoms with Crippen LogP contribution in [0.1, 0.15) is 19.4 Å². The number of carbonyl (C=O) groups excluding carboxylic acids is 1. The molecule has 1 amide bonds. The summed E-state index contributed by atoms with van der Waals surface area (Å²) in [7, 11) is 0. The summed E-state index contributed by atoms with van der Waals surface area (Å²) in [6.07, 6.45) is 3.73. The Hall–Kier alpha value is -1.88. The molecule has 0 aliphatic rings. The summed E-state index contributed by atoms with van der Waals surface area (Å²) in [5.74, 6) is 0.0153. The van der Waals surface area contributed by atoms with Gasteiger partial charge in [-0.15, -0.1) is 0 Å². The Morgan fingerprint density at radius 2 is 2.28 bits per heavy atom. The van der Waals surface area contributed by atoms with Crippen molar-refractivity contribution < 1.29 is 4.79 Å². The quantitative estimate of drug-likeness (QED) is 0.825. The normalized spacial score (nSPS) is 11.1. The van der Waals surface area contributed by atoms with Crippen LogP contribution in [0.25, 0.3) is 5.52 Å². The standard InChI is InChI=1S/C13H18N4O/c1-10(2)16-13(18)9-14-7-11-8-15-17-6-4-3-5-12(11)17/h3-6,8,10,14H,7,9H2,1-2H3,(H,16,18). The first-order valence-corrected chi connectivity index (χ1v) is 6.08. The Kier molecular flexibility index (Phi) is 3.94. The van der Waals surface area contributed by atoms with Crippen molar-refractivity contribution in [2.75, 3.05) is 6.54 Å². The fourth-order valence-corrected chi connectivity index (χ4v) is 1.81. The number of hydrogen-bond donors (Lipinski definition) is 2. The lowest BCUT2D eigenvalue weighted by Gasteiger charge is -2.08.